The lowest BCUT2D eigenvalue weighted by Gasteiger charge is -2.24. The Balaban J connectivity index is 1.72. The first-order chi connectivity index (χ1) is 11.3. The molecule has 1 heterocycles. The van der Waals surface area contributed by atoms with Crippen molar-refractivity contribution in [3.05, 3.63) is 60.2 Å². The van der Waals surface area contributed by atoms with Gasteiger partial charge in [-0.15, -0.1) is 0 Å². The van der Waals surface area contributed by atoms with Crippen molar-refractivity contribution >= 4 is 5.91 Å². The number of aliphatic hydroxyl groups excluding tert-OH is 1. The maximum Gasteiger partial charge on any atom is 0.254 e. The molecule has 0 spiro atoms. The number of benzene rings is 2. The molecule has 3 nitrogen and oxygen atoms in total. The smallest absolute Gasteiger partial charge is 0.254 e. The molecule has 1 aliphatic heterocycles. The van der Waals surface area contributed by atoms with E-state index in [1.807, 2.05) is 47.4 Å². The van der Waals surface area contributed by atoms with Gasteiger partial charge in [-0.05, 0) is 48.9 Å². The van der Waals surface area contributed by atoms with Gasteiger partial charge in [-0.3, -0.25) is 4.79 Å². The number of carbonyl (C=O) groups excluding carboxylic acids is 1. The minimum Gasteiger partial charge on any atom is -0.396 e. The third-order valence-electron chi connectivity index (χ3n) is 4.57. The number of rotatable bonds is 5. The van der Waals surface area contributed by atoms with Crippen LogP contribution in [0.3, 0.4) is 0 Å². The Hall–Kier alpha value is -2.13. The van der Waals surface area contributed by atoms with Crippen molar-refractivity contribution < 1.29 is 9.90 Å². The molecule has 3 heteroatoms. The summed E-state index contributed by atoms with van der Waals surface area (Å²) in [6.45, 7) is 1.03. The summed E-state index contributed by atoms with van der Waals surface area (Å²) >= 11 is 0. The predicted molar refractivity (Wildman–Crippen MR) is 92.3 cm³/mol. The van der Waals surface area contributed by atoms with Crippen LogP contribution in [0.15, 0.2) is 54.6 Å². The third kappa shape index (κ3) is 3.62. The molecule has 1 aliphatic rings. The summed E-state index contributed by atoms with van der Waals surface area (Å²) in [7, 11) is 0. The molecule has 0 aromatic heterocycles. The lowest BCUT2D eigenvalue weighted by Crippen LogP contribution is -2.35. The molecule has 0 saturated carbocycles. The molecule has 3 rings (SSSR count). The van der Waals surface area contributed by atoms with Gasteiger partial charge in [0.1, 0.15) is 0 Å². The Morgan fingerprint density at radius 2 is 1.74 bits per heavy atom. The van der Waals surface area contributed by atoms with E-state index in [0.717, 1.165) is 48.9 Å². The lowest BCUT2D eigenvalue weighted by atomic mass is 10.0. The fourth-order valence-corrected chi connectivity index (χ4v) is 3.33. The first-order valence-corrected chi connectivity index (χ1v) is 8.37. The van der Waals surface area contributed by atoms with Gasteiger partial charge in [0.05, 0.1) is 0 Å². The van der Waals surface area contributed by atoms with Gasteiger partial charge >= 0.3 is 0 Å². The van der Waals surface area contributed by atoms with Crippen molar-refractivity contribution in [2.45, 2.75) is 31.7 Å². The number of amides is 1. The molecule has 2 aromatic carbocycles. The molecule has 1 amide bonds. The zero-order chi connectivity index (χ0) is 16.1. The van der Waals surface area contributed by atoms with Crippen LogP contribution >= 0.6 is 0 Å². The van der Waals surface area contributed by atoms with Crippen molar-refractivity contribution in [2.75, 3.05) is 13.2 Å². The summed E-state index contributed by atoms with van der Waals surface area (Å²) in [5, 5.41) is 9.00. The molecule has 23 heavy (non-hydrogen) atoms. The van der Waals surface area contributed by atoms with Crippen LogP contribution in [-0.4, -0.2) is 35.1 Å². The Kier molecular flexibility index (Phi) is 5.09. The second-order valence-electron chi connectivity index (χ2n) is 6.10. The summed E-state index contributed by atoms with van der Waals surface area (Å²) in [4.78, 5) is 14.7. The molecule has 1 fully saturated rings. The summed E-state index contributed by atoms with van der Waals surface area (Å²) in [6.07, 6.45) is 3.77. The van der Waals surface area contributed by atoms with Crippen molar-refractivity contribution in [2.24, 2.45) is 0 Å². The van der Waals surface area contributed by atoms with E-state index in [0.29, 0.717) is 0 Å². The standard InChI is InChI=1S/C20H23NO2/c22-15-5-9-19-8-4-14-21(19)20(23)18-12-10-17(11-13-18)16-6-2-1-3-7-16/h1-3,6-7,10-13,19,22H,4-5,8-9,14-15H2. The molecule has 0 aliphatic carbocycles. The quantitative estimate of drug-likeness (QED) is 0.914. The zero-order valence-electron chi connectivity index (χ0n) is 13.3. The SMILES string of the molecule is O=C(c1ccc(-c2ccccc2)cc1)N1CCCC1CCCO. The average molecular weight is 309 g/mol. The highest BCUT2D eigenvalue weighted by atomic mass is 16.3. The molecule has 1 saturated heterocycles. The van der Waals surface area contributed by atoms with Crippen LogP contribution in [0.25, 0.3) is 11.1 Å². The van der Waals surface area contributed by atoms with Crippen molar-refractivity contribution in [3.8, 4) is 11.1 Å². The monoisotopic (exact) mass is 309 g/mol. The van der Waals surface area contributed by atoms with Gasteiger partial charge in [0.2, 0.25) is 0 Å². The summed E-state index contributed by atoms with van der Waals surface area (Å²) < 4.78 is 0. The maximum atomic E-state index is 12.7. The molecular weight excluding hydrogens is 286 g/mol. The normalized spacial score (nSPS) is 17.4. The van der Waals surface area contributed by atoms with Gasteiger partial charge in [0.25, 0.3) is 5.91 Å². The Morgan fingerprint density at radius 1 is 1.04 bits per heavy atom. The largest absolute Gasteiger partial charge is 0.396 e. The number of likely N-dealkylation sites (tertiary alicyclic amines) is 1. The van der Waals surface area contributed by atoms with Crippen LogP contribution in [0.4, 0.5) is 0 Å². The number of hydrogen-bond donors (Lipinski definition) is 1. The van der Waals surface area contributed by atoms with Gasteiger partial charge in [-0.25, -0.2) is 0 Å². The maximum absolute atomic E-state index is 12.7. The highest BCUT2D eigenvalue weighted by Crippen LogP contribution is 2.25. The fraction of sp³-hybridized carbons (Fsp3) is 0.350. The molecule has 2 aromatic rings. The second-order valence-corrected chi connectivity index (χ2v) is 6.10. The topological polar surface area (TPSA) is 40.5 Å². The van der Waals surface area contributed by atoms with E-state index in [1.165, 1.54) is 0 Å². The molecule has 1 unspecified atom stereocenters. The van der Waals surface area contributed by atoms with Crippen LogP contribution < -0.4 is 0 Å². The zero-order valence-corrected chi connectivity index (χ0v) is 13.3. The molecule has 0 bridgehead atoms. The van der Waals surface area contributed by atoms with E-state index in [2.05, 4.69) is 12.1 Å². The van der Waals surface area contributed by atoms with Gasteiger partial charge in [-0.2, -0.15) is 0 Å². The van der Waals surface area contributed by atoms with E-state index < -0.39 is 0 Å². The molecule has 0 radical (unpaired) electrons. The van der Waals surface area contributed by atoms with E-state index in [9.17, 15) is 4.79 Å². The summed E-state index contributed by atoms with van der Waals surface area (Å²) in [5.41, 5.74) is 3.04. The predicted octanol–water partition coefficient (Wildman–Crippen LogP) is 3.73. The first-order valence-electron chi connectivity index (χ1n) is 8.37. The number of aliphatic hydroxyl groups is 1. The average Bonchev–Trinajstić information content (AvgIpc) is 3.08. The van der Waals surface area contributed by atoms with E-state index in [4.69, 9.17) is 5.11 Å². The van der Waals surface area contributed by atoms with E-state index in [1.54, 1.807) is 0 Å². The number of hydrogen-bond acceptors (Lipinski definition) is 2. The Labute approximate surface area is 137 Å². The second kappa shape index (κ2) is 7.42. The Morgan fingerprint density at radius 3 is 2.43 bits per heavy atom. The van der Waals surface area contributed by atoms with Crippen molar-refractivity contribution in [1.29, 1.82) is 0 Å². The van der Waals surface area contributed by atoms with Crippen LogP contribution in [0, 0.1) is 0 Å². The highest BCUT2D eigenvalue weighted by Gasteiger charge is 2.28. The van der Waals surface area contributed by atoms with Crippen LogP contribution in [0.2, 0.25) is 0 Å². The van der Waals surface area contributed by atoms with Gasteiger partial charge in [0.15, 0.2) is 0 Å². The number of carbonyl (C=O) groups is 1. The third-order valence-corrected chi connectivity index (χ3v) is 4.57. The lowest BCUT2D eigenvalue weighted by molar-refractivity contribution is 0.0724. The Bertz CT molecular complexity index is 636. The van der Waals surface area contributed by atoms with E-state index in [-0.39, 0.29) is 18.6 Å². The molecule has 120 valence electrons. The van der Waals surface area contributed by atoms with E-state index >= 15 is 0 Å². The van der Waals surface area contributed by atoms with Gasteiger partial charge in [0, 0.05) is 24.8 Å². The fourth-order valence-electron chi connectivity index (χ4n) is 3.33. The molecular formula is C20H23NO2. The number of nitrogens with zero attached hydrogens (tertiary/aromatic N) is 1. The van der Waals surface area contributed by atoms with Crippen LogP contribution in [0.5, 0.6) is 0 Å². The summed E-state index contributed by atoms with van der Waals surface area (Å²) in [5.74, 6) is 0.116. The van der Waals surface area contributed by atoms with Crippen LogP contribution in [-0.2, 0) is 0 Å². The minimum absolute atomic E-state index is 0.116. The minimum atomic E-state index is 0.116. The van der Waals surface area contributed by atoms with Gasteiger partial charge in [-0.1, -0.05) is 42.5 Å². The summed E-state index contributed by atoms with van der Waals surface area (Å²) in [6, 6.07) is 18.3. The first kappa shape index (κ1) is 15.8. The van der Waals surface area contributed by atoms with Gasteiger partial charge < -0.3 is 10.0 Å². The molecule has 1 atom stereocenters. The van der Waals surface area contributed by atoms with Crippen molar-refractivity contribution in [3.63, 3.8) is 0 Å². The molecule has 1 N–H and O–H groups in total. The highest BCUT2D eigenvalue weighted by molar-refractivity contribution is 5.95. The van der Waals surface area contributed by atoms with Crippen LogP contribution in [0.1, 0.15) is 36.0 Å². The van der Waals surface area contributed by atoms with Crippen molar-refractivity contribution in [1.82, 2.24) is 4.90 Å².